The molecule has 7 heteroatoms. The molecule has 72 valence electrons. The molecule has 0 saturated carbocycles. The third-order valence-electron chi connectivity index (χ3n) is 1.63. The van der Waals surface area contributed by atoms with Gasteiger partial charge in [-0.05, 0) is 0 Å². The number of hydrogen-bond acceptors (Lipinski definition) is 4. The molecular weight excluding hydrogens is 186 g/mol. The van der Waals surface area contributed by atoms with Crippen LogP contribution in [-0.2, 0) is 16.1 Å². The summed E-state index contributed by atoms with van der Waals surface area (Å²) in [7, 11) is 0. The fraction of sp³-hybridized carbons (Fsp3) is 0.143. The molecule has 1 saturated heterocycles. The van der Waals surface area contributed by atoms with Gasteiger partial charge in [0, 0.05) is 6.20 Å². The van der Waals surface area contributed by atoms with E-state index in [2.05, 4.69) is 25.6 Å². The predicted molar refractivity (Wildman–Crippen MR) is 46.0 cm³/mol. The largest absolute Gasteiger partial charge is 0.347 e. The molecule has 2 amide bonds. The number of guanidine groups is 1. The number of hydrogen-bond donors (Lipinski definition) is 3. The summed E-state index contributed by atoms with van der Waals surface area (Å²) in [5, 5.41) is 4.56. The molecule has 0 aromatic carbocycles. The van der Waals surface area contributed by atoms with E-state index >= 15 is 0 Å². The van der Waals surface area contributed by atoms with Crippen LogP contribution in [0.1, 0.15) is 5.69 Å². The van der Waals surface area contributed by atoms with Crippen LogP contribution in [0.3, 0.4) is 0 Å². The molecule has 1 aliphatic heterocycles. The quantitative estimate of drug-likeness (QED) is 0.499. The summed E-state index contributed by atoms with van der Waals surface area (Å²) in [6.45, 7) is 0.329. The molecule has 3 N–H and O–H groups in total. The Labute approximate surface area is 78.6 Å². The smallest absolute Gasteiger partial charge is 0.316 e. The van der Waals surface area contributed by atoms with E-state index in [-0.39, 0.29) is 5.96 Å². The van der Waals surface area contributed by atoms with Crippen LogP contribution in [0, 0.1) is 0 Å². The van der Waals surface area contributed by atoms with E-state index in [0.29, 0.717) is 6.54 Å². The van der Waals surface area contributed by atoms with E-state index in [1.54, 1.807) is 6.20 Å². The molecule has 14 heavy (non-hydrogen) atoms. The number of imidazole rings is 1. The summed E-state index contributed by atoms with van der Waals surface area (Å²) >= 11 is 0. The summed E-state index contributed by atoms with van der Waals surface area (Å²) in [4.78, 5) is 32.0. The molecule has 1 aromatic rings. The van der Waals surface area contributed by atoms with Crippen molar-refractivity contribution in [2.24, 2.45) is 4.99 Å². The molecule has 0 unspecified atom stereocenters. The predicted octanol–water partition coefficient (Wildman–Crippen LogP) is -1.49. The Morgan fingerprint density at radius 2 is 2.00 bits per heavy atom. The lowest BCUT2D eigenvalue weighted by Crippen LogP contribution is -2.25. The maximum atomic E-state index is 10.7. The minimum absolute atomic E-state index is 0.176. The van der Waals surface area contributed by atoms with Crippen molar-refractivity contribution >= 4 is 17.8 Å². The van der Waals surface area contributed by atoms with Crippen molar-refractivity contribution in [2.45, 2.75) is 6.54 Å². The van der Waals surface area contributed by atoms with Gasteiger partial charge in [0.2, 0.25) is 5.96 Å². The first kappa shape index (κ1) is 8.42. The van der Waals surface area contributed by atoms with Crippen molar-refractivity contribution in [2.75, 3.05) is 0 Å². The lowest BCUT2D eigenvalue weighted by atomic mass is 10.5. The molecule has 0 atom stereocenters. The number of nitrogens with one attached hydrogen (secondary N) is 3. The van der Waals surface area contributed by atoms with Gasteiger partial charge in [-0.25, -0.2) is 9.98 Å². The number of carbonyl (C=O) groups excluding carboxylic acids is 2. The Hall–Kier alpha value is -2.18. The van der Waals surface area contributed by atoms with Crippen molar-refractivity contribution in [3.05, 3.63) is 18.2 Å². The maximum absolute atomic E-state index is 10.7. The third kappa shape index (κ3) is 1.60. The second-order valence-electron chi connectivity index (χ2n) is 2.65. The molecular formula is C7H7N5O2. The average Bonchev–Trinajstić information content (AvgIpc) is 2.74. The number of aromatic amines is 1. The SMILES string of the molecule is O=C1NC(=NCc2cnc[nH]2)NC1=O. The van der Waals surface area contributed by atoms with E-state index < -0.39 is 11.8 Å². The Balaban J connectivity index is 2.00. The minimum Gasteiger partial charge on any atom is -0.347 e. The van der Waals surface area contributed by atoms with Gasteiger partial charge in [-0.1, -0.05) is 0 Å². The fourth-order valence-electron chi connectivity index (χ4n) is 0.974. The van der Waals surface area contributed by atoms with Gasteiger partial charge < -0.3 is 4.98 Å². The summed E-state index contributed by atoms with van der Waals surface area (Å²) in [5.74, 6) is -1.20. The topological polar surface area (TPSA) is 99.2 Å². The number of aromatic nitrogens is 2. The molecule has 0 spiro atoms. The number of aliphatic imine (C=N–C) groups is 1. The molecule has 7 nitrogen and oxygen atoms in total. The van der Waals surface area contributed by atoms with Gasteiger partial charge >= 0.3 is 11.8 Å². The number of rotatable bonds is 2. The van der Waals surface area contributed by atoms with Crippen LogP contribution in [0.25, 0.3) is 0 Å². The number of H-pyrrole nitrogens is 1. The number of amides is 2. The van der Waals surface area contributed by atoms with Gasteiger partial charge in [0.15, 0.2) is 0 Å². The van der Waals surface area contributed by atoms with E-state index in [0.717, 1.165) is 5.69 Å². The van der Waals surface area contributed by atoms with Crippen molar-refractivity contribution in [3.63, 3.8) is 0 Å². The highest BCUT2D eigenvalue weighted by atomic mass is 16.2. The van der Waals surface area contributed by atoms with Crippen molar-refractivity contribution in [3.8, 4) is 0 Å². The zero-order valence-electron chi connectivity index (χ0n) is 7.07. The summed E-state index contributed by atoms with van der Waals surface area (Å²) in [6.07, 6.45) is 3.14. The van der Waals surface area contributed by atoms with Crippen LogP contribution in [0.5, 0.6) is 0 Å². The van der Waals surface area contributed by atoms with E-state index in [9.17, 15) is 9.59 Å². The monoisotopic (exact) mass is 193 g/mol. The Morgan fingerprint density at radius 1 is 1.29 bits per heavy atom. The van der Waals surface area contributed by atoms with Crippen molar-refractivity contribution in [1.29, 1.82) is 0 Å². The van der Waals surface area contributed by atoms with Gasteiger partial charge in [0.25, 0.3) is 0 Å². The standard InChI is InChI=1S/C7H7N5O2/c13-5-6(14)12-7(11-5)9-2-4-1-8-3-10-4/h1,3H,2H2,(H,8,10)(H2,9,11,12,13,14). The summed E-state index contributed by atoms with van der Waals surface area (Å²) in [5.41, 5.74) is 0.799. The van der Waals surface area contributed by atoms with Gasteiger partial charge in [-0.2, -0.15) is 0 Å². The fourth-order valence-corrected chi connectivity index (χ4v) is 0.974. The molecule has 2 rings (SSSR count). The molecule has 1 aromatic heterocycles. The summed E-state index contributed by atoms with van der Waals surface area (Å²) in [6, 6.07) is 0. The second kappa shape index (κ2) is 3.29. The number of carbonyl (C=O) groups is 2. The van der Waals surface area contributed by atoms with Gasteiger partial charge in [-0.3, -0.25) is 20.2 Å². The van der Waals surface area contributed by atoms with Crippen LogP contribution < -0.4 is 10.6 Å². The van der Waals surface area contributed by atoms with E-state index in [1.807, 2.05) is 0 Å². The molecule has 2 heterocycles. The molecule has 1 fully saturated rings. The van der Waals surface area contributed by atoms with Crippen molar-refractivity contribution in [1.82, 2.24) is 20.6 Å². The van der Waals surface area contributed by atoms with Crippen LogP contribution in [0.15, 0.2) is 17.5 Å². The maximum Gasteiger partial charge on any atom is 0.316 e. The van der Waals surface area contributed by atoms with Gasteiger partial charge in [-0.15, -0.1) is 0 Å². The Kier molecular flexibility index (Phi) is 1.98. The van der Waals surface area contributed by atoms with Gasteiger partial charge in [0.05, 0.1) is 18.6 Å². The zero-order chi connectivity index (χ0) is 9.97. The minimum atomic E-state index is -0.687. The molecule has 1 aliphatic rings. The molecule has 0 radical (unpaired) electrons. The zero-order valence-corrected chi connectivity index (χ0v) is 7.07. The second-order valence-corrected chi connectivity index (χ2v) is 2.65. The Morgan fingerprint density at radius 3 is 2.57 bits per heavy atom. The first-order valence-corrected chi connectivity index (χ1v) is 3.90. The van der Waals surface area contributed by atoms with Crippen molar-refractivity contribution < 1.29 is 9.59 Å². The van der Waals surface area contributed by atoms with E-state index in [1.165, 1.54) is 6.33 Å². The van der Waals surface area contributed by atoms with Gasteiger partial charge in [0.1, 0.15) is 0 Å². The number of nitrogens with zero attached hydrogens (tertiary/aromatic N) is 2. The highest BCUT2D eigenvalue weighted by Crippen LogP contribution is 1.94. The lowest BCUT2D eigenvalue weighted by molar-refractivity contribution is -0.135. The lowest BCUT2D eigenvalue weighted by Gasteiger charge is -1.94. The molecule has 0 bridgehead atoms. The highest BCUT2D eigenvalue weighted by molar-refractivity contribution is 6.45. The van der Waals surface area contributed by atoms with Crippen LogP contribution >= 0.6 is 0 Å². The highest BCUT2D eigenvalue weighted by Gasteiger charge is 2.24. The third-order valence-corrected chi connectivity index (χ3v) is 1.63. The first-order valence-electron chi connectivity index (χ1n) is 3.90. The first-order chi connectivity index (χ1) is 6.75. The molecule has 0 aliphatic carbocycles. The van der Waals surface area contributed by atoms with Crippen LogP contribution in [-0.4, -0.2) is 27.7 Å². The van der Waals surface area contributed by atoms with Crippen LogP contribution in [0.2, 0.25) is 0 Å². The average molecular weight is 193 g/mol. The van der Waals surface area contributed by atoms with E-state index in [4.69, 9.17) is 0 Å². The van der Waals surface area contributed by atoms with Crippen LogP contribution in [0.4, 0.5) is 0 Å². The Bertz CT molecular complexity index is 376. The summed E-state index contributed by atoms with van der Waals surface area (Å²) < 4.78 is 0. The normalized spacial score (nSPS) is 15.3.